The molecule has 0 aliphatic rings. The first-order valence-electron chi connectivity index (χ1n) is 5.88. The minimum Gasteiger partial charge on any atom is -0.316 e. The van der Waals surface area contributed by atoms with Gasteiger partial charge in [0.2, 0.25) is 0 Å². The van der Waals surface area contributed by atoms with Gasteiger partial charge in [-0.15, -0.1) is 0 Å². The zero-order chi connectivity index (χ0) is 11.8. The van der Waals surface area contributed by atoms with Gasteiger partial charge in [0.15, 0.2) is 5.16 Å². The fourth-order valence-electron chi connectivity index (χ4n) is 1.40. The molecule has 90 valence electrons. The molecule has 0 radical (unpaired) electrons. The van der Waals surface area contributed by atoms with E-state index in [1.165, 1.54) is 12.8 Å². The molecule has 0 bridgehead atoms. The van der Waals surface area contributed by atoms with Crippen molar-refractivity contribution < 1.29 is 0 Å². The van der Waals surface area contributed by atoms with Crippen molar-refractivity contribution in [1.29, 1.82) is 0 Å². The minimum atomic E-state index is 0.898. The highest BCUT2D eigenvalue weighted by Gasteiger charge is 1.99. The topological polar surface area (TPSA) is 37.8 Å². The second-order valence-corrected chi connectivity index (χ2v) is 4.95. The third kappa shape index (κ3) is 5.47. The highest BCUT2D eigenvalue weighted by molar-refractivity contribution is 7.99. The van der Waals surface area contributed by atoms with Crippen LogP contribution < -0.4 is 5.32 Å². The number of aryl methyl sites for hydroxylation is 2. The Hall–Kier alpha value is -0.610. The monoisotopic (exact) mass is 239 g/mol. The lowest BCUT2D eigenvalue weighted by atomic mass is 10.3. The molecule has 0 spiro atoms. The fraction of sp³-hybridized carbons (Fsp3) is 0.667. The molecular formula is C12H21N3S. The Morgan fingerprint density at radius 3 is 2.50 bits per heavy atom. The van der Waals surface area contributed by atoms with Crippen molar-refractivity contribution in [2.45, 2.75) is 38.8 Å². The second kappa shape index (κ2) is 7.63. The summed E-state index contributed by atoms with van der Waals surface area (Å²) in [4.78, 5) is 8.78. The van der Waals surface area contributed by atoms with E-state index in [2.05, 4.69) is 22.2 Å². The molecule has 4 heteroatoms. The van der Waals surface area contributed by atoms with Crippen LogP contribution in [0.5, 0.6) is 0 Å². The van der Waals surface area contributed by atoms with Crippen LogP contribution in [-0.2, 0) is 0 Å². The summed E-state index contributed by atoms with van der Waals surface area (Å²) in [6.45, 7) is 8.38. The minimum absolute atomic E-state index is 0.898. The molecule has 1 aromatic heterocycles. The number of nitrogens with one attached hydrogen (secondary N) is 1. The highest BCUT2D eigenvalue weighted by atomic mass is 32.2. The smallest absolute Gasteiger partial charge is 0.188 e. The second-order valence-electron chi connectivity index (χ2n) is 3.89. The Morgan fingerprint density at radius 2 is 1.88 bits per heavy atom. The van der Waals surface area contributed by atoms with Gasteiger partial charge in [-0.25, -0.2) is 9.97 Å². The first kappa shape index (κ1) is 13.5. The largest absolute Gasteiger partial charge is 0.316 e. The van der Waals surface area contributed by atoms with Gasteiger partial charge in [-0.1, -0.05) is 25.1 Å². The number of rotatable bonds is 7. The third-order valence-electron chi connectivity index (χ3n) is 2.18. The predicted octanol–water partition coefficient (Wildman–Crippen LogP) is 2.58. The van der Waals surface area contributed by atoms with Crippen LogP contribution in [-0.4, -0.2) is 28.8 Å². The van der Waals surface area contributed by atoms with Crippen LogP contribution in [0.4, 0.5) is 0 Å². The summed E-state index contributed by atoms with van der Waals surface area (Å²) in [5.74, 6) is 1.03. The van der Waals surface area contributed by atoms with Crippen LogP contribution >= 0.6 is 11.8 Å². The lowest BCUT2D eigenvalue weighted by Crippen LogP contribution is -2.18. The van der Waals surface area contributed by atoms with E-state index >= 15 is 0 Å². The van der Waals surface area contributed by atoms with Crippen molar-refractivity contribution in [3.05, 3.63) is 17.5 Å². The van der Waals surface area contributed by atoms with Gasteiger partial charge in [0.05, 0.1) is 0 Å². The van der Waals surface area contributed by atoms with Crippen molar-refractivity contribution in [3.8, 4) is 0 Å². The Balaban J connectivity index is 2.21. The molecule has 0 amide bonds. The summed E-state index contributed by atoms with van der Waals surface area (Å²) in [6, 6.07) is 2.00. The first-order chi connectivity index (χ1) is 7.72. The van der Waals surface area contributed by atoms with E-state index in [-0.39, 0.29) is 0 Å². The van der Waals surface area contributed by atoms with Crippen molar-refractivity contribution in [2.75, 3.05) is 18.8 Å². The molecule has 0 unspecified atom stereocenters. The van der Waals surface area contributed by atoms with E-state index in [1.54, 1.807) is 11.8 Å². The van der Waals surface area contributed by atoms with Gasteiger partial charge >= 0.3 is 0 Å². The normalized spacial score (nSPS) is 10.7. The van der Waals surface area contributed by atoms with E-state index in [1.807, 2.05) is 19.9 Å². The van der Waals surface area contributed by atoms with Crippen molar-refractivity contribution >= 4 is 11.8 Å². The molecule has 0 aliphatic carbocycles. The maximum absolute atomic E-state index is 4.39. The SMILES string of the molecule is CCCCNCCSc1nc(C)cc(C)n1. The maximum Gasteiger partial charge on any atom is 0.188 e. The summed E-state index contributed by atoms with van der Waals surface area (Å²) in [5, 5.41) is 4.31. The van der Waals surface area contributed by atoms with Gasteiger partial charge in [0, 0.05) is 23.7 Å². The molecule has 1 heterocycles. The molecule has 1 rings (SSSR count). The Bertz CT molecular complexity index is 295. The number of thioether (sulfide) groups is 1. The zero-order valence-electron chi connectivity index (χ0n) is 10.4. The van der Waals surface area contributed by atoms with Crippen LogP contribution in [0.25, 0.3) is 0 Å². The highest BCUT2D eigenvalue weighted by Crippen LogP contribution is 2.12. The number of aromatic nitrogens is 2. The molecule has 0 aliphatic heterocycles. The zero-order valence-corrected chi connectivity index (χ0v) is 11.2. The van der Waals surface area contributed by atoms with Gasteiger partial charge in [-0.2, -0.15) is 0 Å². The van der Waals surface area contributed by atoms with Crippen molar-refractivity contribution in [1.82, 2.24) is 15.3 Å². The van der Waals surface area contributed by atoms with Crippen LogP contribution in [0.3, 0.4) is 0 Å². The molecule has 16 heavy (non-hydrogen) atoms. The fourth-order valence-corrected chi connectivity index (χ4v) is 2.25. The lowest BCUT2D eigenvalue weighted by molar-refractivity contribution is 0.666. The van der Waals surface area contributed by atoms with E-state index < -0.39 is 0 Å². The number of nitrogens with zero attached hydrogens (tertiary/aromatic N) is 2. The Labute approximate surface area is 102 Å². The molecular weight excluding hydrogens is 218 g/mol. The van der Waals surface area contributed by atoms with Crippen molar-refractivity contribution in [3.63, 3.8) is 0 Å². The lowest BCUT2D eigenvalue weighted by Gasteiger charge is -2.04. The molecule has 1 aromatic rings. The van der Waals surface area contributed by atoms with Gasteiger partial charge in [-0.3, -0.25) is 0 Å². The van der Waals surface area contributed by atoms with E-state index in [9.17, 15) is 0 Å². The third-order valence-corrected chi connectivity index (χ3v) is 3.03. The quantitative estimate of drug-likeness (QED) is 0.451. The summed E-state index contributed by atoms with van der Waals surface area (Å²) in [7, 11) is 0. The van der Waals surface area contributed by atoms with E-state index in [0.29, 0.717) is 0 Å². The van der Waals surface area contributed by atoms with Gasteiger partial charge in [0.1, 0.15) is 0 Å². The number of hydrogen-bond donors (Lipinski definition) is 1. The van der Waals surface area contributed by atoms with Crippen LogP contribution in [0, 0.1) is 13.8 Å². The average molecular weight is 239 g/mol. The standard InChI is InChI=1S/C12H21N3S/c1-4-5-6-13-7-8-16-12-14-10(2)9-11(3)15-12/h9,13H,4-8H2,1-3H3. The van der Waals surface area contributed by atoms with Crippen LogP contribution in [0.15, 0.2) is 11.2 Å². The molecule has 3 nitrogen and oxygen atoms in total. The molecule has 0 atom stereocenters. The number of unbranched alkanes of at least 4 members (excludes halogenated alkanes) is 1. The summed E-state index contributed by atoms with van der Waals surface area (Å²) >= 11 is 1.72. The number of hydrogen-bond acceptors (Lipinski definition) is 4. The van der Waals surface area contributed by atoms with Gasteiger partial charge in [0.25, 0.3) is 0 Å². The predicted molar refractivity (Wildman–Crippen MR) is 70.0 cm³/mol. The molecule has 0 fully saturated rings. The van der Waals surface area contributed by atoms with E-state index in [4.69, 9.17) is 0 Å². The Morgan fingerprint density at radius 1 is 1.19 bits per heavy atom. The average Bonchev–Trinajstić information content (AvgIpc) is 2.22. The first-order valence-corrected chi connectivity index (χ1v) is 6.86. The van der Waals surface area contributed by atoms with Crippen molar-refractivity contribution in [2.24, 2.45) is 0 Å². The maximum atomic E-state index is 4.39. The van der Waals surface area contributed by atoms with Crippen LogP contribution in [0.1, 0.15) is 31.2 Å². The summed E-state index contributed by atoms with van der Waals surface area (Å²) in [6.07, 6.45) is 2.51. The van der Waals surface area contributed by atoms with Crippen LogP contribution in [0.2, 0.25) is 0 Å². The Kier molecular flexibility index (Phi) is 6.42. The molecule has 0 saturated heterocycles. The molecule has 0 saturated carbocycles. The summed E-state index contributed by atoms with van der Waals surface area (Å²) in [5.41, 5.74) is 2.10. The van der Waals surface area contributed by atoms with Gasteiger partial charge < -0.3 is 5.32 Å². The van der Waals surface area contributed by atoms with Gasteiger partial charge in [-0.05, 0) is 32.9 Å². The summed E-state index contributed by atoms with van der Waals surface area (Å²) < 4.78 is 0. The molecule has 0 aromatic carbocycles. The molecule has 1 N–H and O–H groups in total. The van der Waals surface area contributed by atoms with E-state index in [0.717, 1.165) is 35.4 Å².